The molecule has 0 bridgehead atoms. The maximum atomic E-state index is 3.63. The Hall–Kier alpha value is -0.109. The third-order valence-corrected chi connectivity index (χ3v) is 3.60. The second-order valence-electron chi connectivity index (χ2n) is 5.65. The van der Waals surface area contributed by atoms with Crippen LogP contribution in [0.1, 0.15) is 59.8 Å². The van der Waals surface area contributed by atoms with Gasteiger partial charge in [0.1, 0.15) is 0 Å². The van der Waals surface area contributed by atoms with E-state index in [2.05, 4.69) is 78.2 Å². The summed E-state index contributed by atoms with van der Waals surface area (Å²) in [6.45, 7) is 13.6. The molecule has 120 valence electrons. The molecule has 22 heavy (non-hydrogen) atoms. The first kappa shape index (κ1) is 21.9. The van der Waals surface area contributed by atoms with Crippen molar-refractivity contribution in [1.29, 1.82) is 0 Å². The average molecular weight is 348 g/mol. The van der Waals surface area contributed by atoms with Gasteiger partial charge in [0.05, 0.1) is 0 Å². The number of allylic oxidation sites excluding steroid dienone is 8. The first-order chi connectivity index (χ1) is 10.5. The monoisotopic (exact) mass is 348 g/mol. The van der Waals surface area contributed by atoms with E-state index in [0.717, 1.165) is 12.8 Å². The Morgan fingerprint density at radius 2 is 1.77 bits per heavy atom. The quantitative estimate of drug-likeness (QED) is 0.409. The van der Waals surface area contributed by atoms with Gasteiger partial charge in [0.25, 0.3) is 0 Å². The van der Waals surface area contributed by atoms with Gasteiger partial charge in [0.2, 0.25) is 0 Å². The van der Waals surface area contributed by atoms with Crippen molar-refractivity contribution < 1.29 is 19.2 Å². The maximum absolute atomic E-state index is 3.63. The molecule has 0 heterocycles. The SMILES string of the molecule is CCC1=[C-]C(CC)C(CC)=C1CC.C[Si](C)=[Ti+2].[C-]1=CC=CC1. The van der Waals surface area contributed by atoms with Gasteiger partial charge < -0.3 is 0 Å². The second-order valence-corrected chi connectivity index (χ2v) is 12.3. The summed E-state index contributed by atoms with van der Waals surface area (Å²) in [6.07, 6.45) is 18.5. The molecule has 2 heteroatoms. The zero-order chi connectivity index (χ0) is 17.0. The van der Waals surface area contributed by atoms with Gasteiger partial charge in [-0.1, -0.05) is 59.3 Å². The Bertz CT molecular complexity index is 438. The van der Waals surface area contributed by atoms with E-state index in [0.29, 0.717) is 5.92 Å². The molecule has 0 N–H and O–H groups in total. The smallest absolute Gasteiger partial charge is 0.109 e. The predicted molar refractivity (Wildman–Crippen MR) is 97.5 cm³/mol. The predicted octanol–water partition coefficient (Wildman–Crippen LogP) is 6.37. The van der Waals surface area contributed by atoms with Gasteiger partial charge in [-0.05, 0) is 0 Å². The van der Waals surface area contributed by atoms with E-state index in [-0.39, 0.29) is 6.19 Å². The molecule has 0 aliphatic heterocycles. The van der Waals surface area contributed by atoms with E-state index in [1.54, 1.807) is 11.1 Å². The van der Waals surface area contributed by atoms with Crippen LogP contribution in [0.3, 0.4) is 0 Å². The molecule has 1 unspecified atom stereocenters. The third kappa shape index (κ3) is 8.50. The van der Waals surface area contributed by atoms with E-state index in [4.69, 9.17) is 0 Å². The van der Waals surface area contributed by atoms with Gasteiger partial charge in [-0.2, -0.15) is 17.2 Å². The van der Waals surface area contributed by atoms with Crippen molar-refractivity contribution in [2.75, 3.05) is 0 Å². The summed E-state index contributed by atoms with van der Waals surface area (Å²) < 4.78 is 0. The van der Waals surface area contributed by atoms with Crippen LogP contribution in [-0.4, -0.2) is 6.19 Å². The molecule has 0 radical (unpaired) electrons. The Kier molecular flexibility index (Phi) is 13.3. The van der Waals surface area contributed by atoms with Crippen LogP contribution < -0.4 is 0 Å². The minimum absolute atomic E-state index is 0.120. The Morgan fingerprint density at radius 1 is 1.14 bits per heavy atom. The fraction of sp³-hybridized carbons (Fsp3) is 0.600. The molecule has 0 aromatic rings. The zero-order valence-corrected chi connectivity index (χ0v) is 17.9. The molecule has 2 aliphatic rings. The molecule has 0 fully saturated rings. The van der Waals surface area contributed by atoms with E-state index in [9.17, 15) is 0 Å². The summed E-state index contributed by atoms with van der Waals surface area (Å²) in [6, 6.07) is 0. The summed E-state index contributed by atoms with van der Waals surface area (Å²) >= 11 is 2.27. The molecule has 0 saturated carbocycles. The van der Waals surface area contributed by atoms with Crippen molar-refractivity contribution in [2.24, 2.45) is 5.92 Å². The molecular formula is C20H32SiTi. The molecule has 0 saturated heterocycles. The zero-order valence-electron chi connectivity index (χ0n) is 15.3. The van der Waals surface area contributed by atoms with Gasteiger partial charge in [0, 0.05) is 0 Å². The first-order valence-electron chi connectivity index (χ1n) is 8.59. The van der Waals surface area contributed by atoms with Crippen molar-refractivity contribution in [2.45, 2.75) is 72.9 Å². The Balaban J connectivity index is 0.000000400. The van der Waals surface area contributed by atoms with Crippen molar-refractivity contribution in [3.05, 3.63) is 47.1 Å². The minimum Gasteiger partial charge on any atom is -0.273 e. The molecule has 0 aromatic carbocycles. The standard InChI is InChI=1S/C13H21.C5H5.C2H6Si.Ti/c1-5-10-9-11(6-2)13(8-4)12(10)7-3;1-2-4-5-3-1;1-3-2;/h10H,5-8H2,1-4H3;1-3H,4H2;1-2H3;/q2*-1;;+2. The van der Waals surface area contributed by atoms with E-state index in [1.807, 2.05) is 12.2 Å². The Morgan fingerprint density at radius 3 is 2.05 bits per heavy atom. The van der Waals surface area contributed by atoms with Crippen LogP contribution in [0.4, 0.5) is 0 Å². The molecule has 0 spiro atoms. The summed E-state index contributed by atoms with van der Waals surface area (Å²) in [5, 5.41) is 0. The summed E-state index contributed by atoms with van der Waals surface area (Å²) in [5.74, 6) is 0.634. The summed E-state index contributed by atoms with van der Waals surface area (Å²) in [7, 11) is 0. The van der Waals surface area contributed by atoms with E-state index < -0.39 is 0 Å². The minimum atomic E-state index is 0.120. The molecule has 0 aromatic heterocycles. The molecule has 0 amide bonds. The van der Waals surface area contributed by atoms with Crippen LogP contribution in [0.25, 0.3) is 0 Å². The maximum Gasteiger partial charge on any atom is -0.109 e. The van der Waals surface area contributed by atoms with Crippen LogP contribution >= 0.6 is 0 Å². The molecule has 2 aliphatic carbocycles. The second kappa shape index (κ2) is 13.3. The summed E-state index contributed by atoms with van der Waals surface area (Å²) in [5.41, 5.74) is 4.75. The van der Waals surface area contributed by atoms with Crippen molar-refractivity contribution in [3.63, 3.8) is 0 Å². The van der Waals surface area contributed by atoms with Crippen LogP contribution in [0, 0.1) is 18.1 Å². The van der Waals surface area contributed by atoms with Crippen molar-refractivity contribution >= 4 is 6.19 Å². The molecular weight excluding hydrogens is 316 g/mol. The topological polar surface area (TPSA) is 0 Å². The largest absolute Gasteiger partial charge is 0.273 e. The summed E-state index contributed by atoms with van der Waals surface area (Å²) in [4.78, 5) is 0. The number of hydrogen-bond acceptors (Lipinski definition) is 0. The fourth-order valence-electron chi connectivity index (χ4n) is 2.69. The van der Waals surface area contributed by atoms with Gasteiger partial charge in [-0.25, -0.2) is 17.7 Å². The fourth-order valence-corrected chi connectivity index (χ4v) is 2.69. The van der Waals surface area contributed by atoms with Gasteiger partial charge >= 0.3 is 38.5 Å². The van der Waals surface area contributed by atoms with Crippen LogP contribution in [0.5, 0.6) is 0 Å². The Labute approximate surface area is 151 Å². The van der Waals surface area contributed by atoms with Crippen LogP contribution in [0.2, 0.25) is 13.1 Å². The van der Waals surface area contributed by atoms with Gasteiger partial charge in [-0.3, -0.25) is 12.2 Å². The molecule has 1 atom stereocenters. The molecule has 0 nitrogen and oxygen atoms in total. The normalized spacial score (nSPS) is 18.5. The van der Waals surface area contributed by atoms with E-state index in [1.165, 1.54) is 24.8 Å². The van der Waals surface area contributed by atoms with Crippen LogP contribution in [0.15, 0.2) is 34.9 Å². The third-order valence-electron chi connectivity index (χ3n) is 3.60. The van der Waals surface area contributed by atoms with Crippen molar-refractivity contribution in [1.82, 2.24) is 0 Å². The average Bonchev–Trinajstić information content (AvgIpc) is 3.16. The van der Waals surface area contributed by atoms with Gasteiger partial charge in [-0.15, -0.1) is 6.42 Å². The number of rotatable bonds is 4. The number of hydrogen-bond donors (Lipinski definition) is 0. The first-order valence-corrected chi connectivity index (χ1v) is 13.4. The molecule has 2 rings (SSSR count). The van der Waals surface area contributed by atoms with Crippen LogP contribution in [-0.2, 0) is 19.2 Å². The van der Waals surface area contributed by atoms with Gasteiger partial charge in [0.15, 0.2) is 0 Å². The van der Waals surface area contributed by atoms with Crippen molar-refractivity contribution in [3.8, 4) is 0 Å². The van der Waals surface area contributed by atoms with E-state index >= 15 is 0 Å².